The first-order valence-electron chi connectivity index (χ1n) is 9.07. The van der Waals surface area contributed by atoms with Crippen molar-refractivity contribution < 1.29 is 9.59 Å². The van der Waals surface area contributed by atoms with Crippen LogP contribution in [0.4, 0.5) is 0 Å². The van der Waals surface area contributed by atoms with Crippen LogP contribution in [0.2, 0.25) is 0 Å². The molecule has 7 nitrogen and oxygen atoms in total. The maximum Gasteiger partial charge on any atom is 0.226 e. The molecular weight excluding hydrogens is 306 g/mol. The lowest BCUT2D eigenvalue weighted by Crippen LogP contribution is -2.51. The molecule has 24 heavy (non-hydrogen) atoms. The quantitative estimate of drug-likeness (QED) is 0.817. The van der Waals surface area contributed by atoms with Crippen molar-refractivity contribution in [2.45, 2.75) is 63.6 Å². The summed E-state index contributed by atoms with van der Waals surface area (Å²) in [7, 11) is 0. The number of carbonyl (C=O) groups excluding carboxylic acids is 2. The molecule has 3 saturated heterocycles. The summed E-state index contributed by atoms with van der Waals surface area (Å²) >= 11 is 0. The van der Waals surface area contributed by atoms with Crippen molar-refractivity contribution in [2.24, 2.45) is 5.92 Å². The first kappa shape index (κ1) is 15.6. The van der Waals surface area contributed by atoms with Crippen LogP contribution in [0.5, 0.6) is 0 Å². The van der Waals surface area contributed by atoms with Gasteiger partial charge in [0.15, 0.2) is 0 Å². The predicted octanol–water partition coefficient (Wildman–Crippen LogP) is 1.23. The van der Waals surface area contributed by atoms with Crippen LogP contribution < -0.4 is 0 Å². The van der Waals surface area contributed by atoms with Crippen LogP contribution in [0.3, 0.4) is 0 Å². The third-order valence-electron chi connectivity index (χ3n) is 6.02. The molecule has 3 aliphatic heterocycles. The van der Waals surface area contributed by atoms with Crippen molar-refractivity contribution in [3.05, 3.63) is 12.4 Å². The summed E-state index contributed by atoms with van der Waals surface area (Å²) in [4.78, 5) is 30.4. The van der Waals surface area contributed by atoms with Gasteiger partial charge in [0.25, 0.3) is 0 Å². The van der Waals surface area contributed by atoms with Crippen LogP contribution in [0, 0.1) is 5.92 Å². The van der Waals surface area contributed by atoms with Gasteiger partial charge in [-0.15, -0.1) is 0 Å². The topological polar surface area (TPSA) is 71.3 Å². The summed E-state index contributed by atoms with van der Waals surface area (Å²) < 4.78 is 0. The molecule has 0 N–H and O–H groups in total. The fourth-order valence-corrected chi connectivity index (χ4v) is 4.76. The van der Waals surface area contributed by atoms with Crippen molar-refractivity contribution in [3.63, 3.8) is 0 Å². The molecule has 7 heteroatoms. The molecule has 2 unspecified atom stereocenters. The number of hydrogen-bond acceptors (Lipinski definition) is 4. The van der Waals surface area contributed by atoms with Crippen molar-refractivity contribution in [2.75, 3.05) is 13.1 Å². The molecule has 0 spiro atoms. The van der Waals surface area contributed by atoms with E-state index in [1.54, 1.807) is 19.3 Å². The van der Waals surface area contributed by atoms with Crippen molar-refractivity contribution >= 4 is 11.8 Å². The number of carbonyl (C=O) groups is 2. The first-order chi connectivity index (χ1) is 11.6. The Bertz CT molecular complexity index is 595. The highest BCUT2D eigenvalue weighted by Gasteiger charge is 2.46. The minimum absolute atomic E-state index is 0.0862. The Morgan fingerprint density at radius 2 is 1.50 bits per heavy atom. The molecule has 0 saturated carbocycles. The van der Waals surface area contributed by atoms with Gasteiger partial charge in [0.05, 0.1) is 18.4 Å². The maximum absolute atomic E-state index is 13.1. The van der Waals surface area contributed by atoms with Crippen LogP contribution in [0.15, 0.2) is 12.4 Å². The molecule has 1 aromatic heterocycles. The summed E-state index contributed by atoms with van der Waals surface area (Å²) in [6.07, 6.45) is 9.18. The minimum atomic E-state index is 0.0862. The van der Waals surface area contributed by atoms with Crippen LogP contribution >= 0.6 is 0 Å². The number of hydrogen-bond donors (Lipinski definition) is 0. The smallest absolute Gasteiger partial charge is 0.226 e. The Labute approximate surface area is 142 Å². The number of nitrogens with zero attached hydrogens (tertiary/aromatic N) is 5. The van der Waals surface area contributed by atoms with E-state index in [2.05, 4.69) is 15.1 Å². The van der Waals surface area contributed by atoms with E-state index in [1.807, 2.05) is 9.70 Å². The molecule has 4 rings (SSSR count). The molecule has 130 valence electrons. The molecule has 2 bridgehead atoms. The summed E-state index contributed by atoms with van der Waals surface area (Å²) in [5, 5.41) is 8.57. The largest absolute Gasteiger partial charge is 0.343 e. The van der Waals surface area contributed by atoms with E-state index in [0.29, 0.717) is 24.0 Å². The fraction of sp³-hybridized carbons (Fsp3) is 0.765. The zero-order valence-corrected chi connectivity index (χ0v) is 14.2. The first-order valence-corrected chi connectivity index (χ1v) is 9.07. The Kier molecular flexibility index (Phi) is 4.02. The van der Waals surface area contributed by atoms with Crippen molar-refractivity contribution in [3.8, 4) is 0 Å². The highest BCUT2D eigenvalue weighted by Crippen LogP contribution is 2.41. The van der Waals surface area contributed by atoms with E-state index < -0.39 is 0 Å². The van der Waals surface area contributed by atoms with E-state index in [0.717, 1.165) is 51.6 Å². The third kappa shape index (κ3) is 2.70. The number of likely N-dealkylation sites (tertiary alicyclic amines) is 1. The number of rotatable bonds is 2. The van der Waals surface area contributed by atoms with Gasteiger partial charge in [-0.1, -0.05) is 0 Å². The lowest BCUT2D eigenvalue weighted by atomic mass is 9.91. The van der Waals surface area contributed by atoms with E-state index in [1.165, 1.54) is 0 Å². The molecule has 0 radical (unpaired) electrons. The maximum atomic E-state index is 13.1. The average Bonchev–Trinajstić information content (AvgIpc) is 3.21. The zero-order chi connectivity index (χ0) is 16.7. The lowest BCUT2D eigenvalue weighted by molar-refractivity contribution is -0.144. The second-order valence-electron chi connectivity index (χ2n) is 7.39. The molecule has 4 heterocycles. The van der Waals surface area contributed by atoms with E-state index >= 15 is 0 Å². The monoisotopic (exact) mass is 331 g/mol. The fourth-order valence-electron chi connectivity index (χ4n) is 4.76. The van der Waals surface area contributed by atoms with Gasteiger partial charge in [-0.25, -0.2) is 0 Å². The van der Waals surface area contributed by atoms with Gasteiger partial charge in [-0.3, -0.25) is 9.59 Å². The number of piperidine rings is 2. The van der Waals surface area contributed by atoms with Gasteiger partial charge < -0.3 is 9.80 Å². The van der Waals surface area contributed by atoms with Gasteiger partial charge in [0.2, 0.25) is 11.8 Å². The molecule has 3 aliphatic rings. The van der Waals surface area contributed by atoms with Crippen molar-refractivity contribution in [1.82, 2.24) is 24.8 Å². The molecule has 0 aliphatic carbocycles. The molecule has 0 aromatic carbocycles. The zero-order valence-electron chi connectivity index (χ0n) is 14.2. The van der Waals surface area contributed by atoms with E-state index in [4.69, 9.17) is 0 Å². The average molecular weight is 331 g/mol. The highest BCUT2D eigenvalue weighted by molar-refractivity contribution is 5.80. The summed E-state index contributed by atoms with van der Waals surface area (Å²) in [6, 6.07) is 0.984. The van der Waals surface area contributed by atoms with Crippen LogP contribution in [0.25, 0.3) is 0 Å². The molecule has 2 amide bonds. The Morgan fingerprint density at radius 1 is 0.917 bits per heavy atom. The highest BCUT2D eigenvalue weighted by atomic mass is 16.2. The molecule has 3 fully saturated rings. The molecule has 1 aromatic rings. The van der Waals surface area contributed by atoms with Crippen LogP contribution in [-0.2, 0) is 9.59 Å². The lowest BCUT2D eigenvalue weighted by Gasteiger charge is -2.41. The second-order valence-corrected chi connectivity index (χ2v) is 7.39. The second kappa shape index (κ2) is 6.18. The summed E-state index contributed by atoms with van der Waals surface area (Å²) in [5.41, 5.74) is 0. The Hall–Kier alpha value is -1.92. The van der Waals surface area contributed by atoms with Gasteiger partial charge >= 0.3 is 0 Å². The molecule has 2 atom stereocenters. The Balaban J connectivity index is 1.41. The third-order valence-corrected chi connectivity index (χ3v) is 6.02. The Morgan fingerprint density at radius 3 is 2.04 bits per heavy atom. The minimum Gasteiger partial charge on any atom is -0.343 e. The van der Waals surface area contributed by atoms with Crippen LogP contribution in [0.1, 0.15) is 51.5 Å². The number of fused-ring (bicyclic) bond motifs is 2. The van der Waals surface area contributed by atoms with Gasteiger partial charge in [-0.2, -0.15) is 15.0 Å². The predicted molar refractivity (Wildman–Crippen MR) is 86.9 cm³/mol. The van der Waals surface area contributed by atoms with Crippen LogP contribution in [-0.4, -0.2) is 61.8 Å². The van der Waals surface area contributed by atoms with Gasteiger partial charge in [0, 0.05) is 38.0 Å². The SMILES string of the molecule is CC(=O)N1CCC(C(=O)N2C3CCC2CC(n2nccn2)C3)CC1. The number of amides is 2. The summed E-state index contributed by atoms with van der Waals surface area (Å²) in [6.45, 7) is 3.04. The standard InChI is InChI=1S/C17H25N5O2/c1-12(23)20-8-4-13(5-9-20)17(24)21-14-2-3-15(21)11-16(10-14)22-18-6-7-19-22/h6-7,13-16H,2-5,8-11H2,1H3. The number of aromatic nitrogens is 3. The molecular formula is C17H25N5O2. The van der Waals surface area contributed by atoms with Gasteiger partial charge in [0.1, 0.15) is 0 Å². The van der Waals surface area contributed by atoms with E-state index in [9.17, 15) is 9.59 Å². The normalized spacial score (nSPS) is 30.6. The van der Waals surface area contributed by atoms with Gasteiger partial charge in [-0.05, 0) is 38.5 Å². The van der Waals surface area contributed by atoms with E-state index in [-0.39, 0.29) is 11.8 Å². The summed E-state index contributed by atoms with van der Waals surface area (Å²) in [5.74, 6) is 0.522. The van der Waals surface area contributed by atoms with Crippen molar-refractivity contribution in [1.29, 1.82) is 0 Å².